The van der Waals surface area contributed by atoms with E-state index in [9.17, 15) is 10.1 Å². The molecule has 2 N–H and O–H groups in total. The fourth-order valence-electron chi connectivity index (χ4n) is 1.41. The van der Waals surface area contributed by atoms with Crippen molar-refractivity contribution in [2.45, 2.75) is 19.4 Å². The van der Waals surface area contributed by atoms with Crippen LogP contribution >= 0.6 is 11.6 Å². The minimum atomic E-state index is -0.758. The lowest BCUT2D eigenvalue weighted by Crippen LogP contribution is -2.30. The van der Waals surface area contributed by atoms with Crippen molar-refractivity contribution in [3.63, 3.8) is 0 Å². The first-order valence-corrected chi connectivity index (χ1v) is 5.73. The van der Waals surface area contributed by atoms with Gasteiger partial charge in [0.2, 0.25) is 0 Å². The topological polar surface area (TPSA) is 108 Å². The summed E-state index contributed by atoms with van der Waals surface area (Å²) < 4.78 is 5.04. The summed E-state index contributed by atoms with van der Waals surface area (Å²) in [7, 11) is 0. The van der Waals surface area contributed by atoms with Gasteiger partial charge in [0, 0.05) is 22.7 Å². The van der Waals surface area contributed by atoms with E-state index in [1.807, 2.05) is 0 Å². The molecule has 1 heterocycles. The van der Waals surface area contributed by atoms with Crippen molar-refractivity contribution in [3.05, 3.63) is 39.2 Å². The van der Waals surface area contributed by atoms with Crippen molar-refractivity contribution in [1.29, 1.82) is 0 Å². The van der Waals surface area contributed by atoms with E-state index < -0.39 is 10.5 Å². The van der Waals surface area contributed by atoms with E-state index in [0.717, 1.165) is 0 Å². The Hall–Kier alpha value is -1.99. The molecule has 0 fully saturated rings. The van der Waals surface area contributed by atoms with Crippen molar-refractivity contribution >= 4 is 17.3 Å². The maximum absolute atomic E-state index is 10.8. The monoisotopic (exact) mass is 282 g/mol. The Morgan fingerprint density at radius 1 is 1.42 bits per heavy atom. The van der Waals surface area contributed by atoms with Crippen LogP contribution in [0.15, 0.2) is 22.7 Å². The summed E-state index contributed by atoms with van der Waals surface area (Å²) in [5.41, 5.74) is 5.31. The third kappa shape index (κ3) is 2.88. The van der Waals surface area contributed by atoms with Crippen molar-refractivity contribution in [2.24, 2.45) is 5.73 Å². The summed E-state index contributed by atoms with van der Waals surface area (Å²) >= 11 is 5.82. The number of nitrogens with zero attached hydrogens (tertiary/aromatic N) is 3. The van der Waals surface area contributed by atoms with Crippen LogP contribution in [-0.2, 0) is 5.54 Å². The highest BCUT2D eigenvalue weighted by molar-refractivity contribution is 6.31. The molecule has 0 bridgehead atoms. The smallest absolute Gasteiger partial charge is 0.271 e. The van der Waals surface area contributed by atoms with Crippen LogP contribution < -0.4 is 5.73 Å². The highest BCUT2D eigenvalue weighted by atomic mass is 35.5. The van der Waals surface area contributed by atoms with Crippen molar-refractivity contribution in [1.82, 2.24) is 10.1 Å². The van der Waals surface area contributed by atoms with Crippen molar-refractivity contribution in [2.75, 3.05) is 0 Å². The van der Waals surface area contributed by atoms with E-state index in [4.69, 9.17) is 21.9 Å². The van der Waals surface area contributed by atoms with Gasteiger partial charge < -0.3 is 10.3 Å². The fourth-order valence-corrected chi connectivity index (χ4v) is 1.63. The third-order valence-corrected chi connectivity index (χ3v) is 2.56. The molecular weight excluding hydrogens is 272 g/mol. The summed E-state index contributed by atoms with van der Waals surface area (Å²) in [6, 6.07) is 4.07. The Labute approximate surface area is 113 Å². The second-order valence-electron chi connectivity index (χ2n) is 4.60. The van der Waals surface area contributed by atoms with Gasteiger partial charge in [-0.15, -0.1) is 0 Å². The van der Waals surface area contributed by atoms with E-state index in [-0.39, 0.29) is 16.6 Å². The van der Waals surface area contributed by atoms with E-state index in [2.05, 4.69) is 10.1 Å². The van der Waals surface area contributed by atoms with Gasteiger partial charge >= 0.3 is 0 Å². The van der Waals surface area contributed by atoms with Crippen LogP contribution in [0.3, 0.4) is 0 Å². The summed E-state index contributed by atoms with van der Waals surface area (Å²) in [6.45, 7) is 3.45. The number of nitrogens with two attached hydrogens (primary N) is 1. The number of halogens is 1. The Balaban J connectivity index is 2.47. The second kappa shape index (κ2) is 4.60. The normalized spacial score (nSPS) is 11.6. The average Bonchev–Trinajstić information content (AvgIpc) is 2.76. The van der Waals surface area contributed by atoms with Gasteiger partial charge in [-0.05, 0) is 19.9 Å². The fraction of sp³-hybridized carbons (Fsp3) is 0.273. The molecule has 0 aliphatic heterocycles. The Morgan fingerprint density at radius 2 is 2.11 bits per heavy atom. The van der Waals surface area contributed by atoms with Gasteiger partial charge in [-0.2, -0.15) is 4.98 Å². The van der Waals surface area contributed by atoms with E-state index >= 15 is 0 Å². The van der Waals surface area contributed by atoms with Gasteiger partial charge in [-0.25, -0.2) is 0 Å². The van der Waals surface area contributed by atoms with Gasteiger partial charge in [-0.1, -0.05) is 16.8 Å². The predicted molar refractivity (Wildman–Crippen MR) is 68.6 cm³/mol. The molecule has 0 atom stereocenters. The zero-order valence-electron chi connectivity index (χ0n) is 10.3. The van der Waals surface area contributed by atoms with Gasteiger partial charge in [0.25, 0.3) is 11.6 Å². The average molecular weight is 283 g/mol. The molecule has 100 valence electrons. The number of aromatic nitrogens is 2. The van der Waals surface area contributed by atoms with Crippen LogP contribution in [0.25, 0.3) is 11.5 Å². The van der Waals surface area contributed by atoms with Gasteiger partial charge in [0.15, 0.2) is 5.82 Å². The van der Waals surface area contributed by atoms with E-state index in [1.54, 1.807) is 13.8 Å². The number of non-ortho nitro benzene ring substituents is 1. The third-order valence-electron chi connectivity index (χ3n) is 2.34. The maximum Gasteiger partial charge on any atom is 0.271 e. The highest BCUT2D eigenvalue weighted by Gasteiger charge is 2.23. The Bertz CT molecular complexity index is 633. The number of benzene rings is 1. The minimum absolute atomic E-state index is 0.138. The Morgan fingerprint density at radius 3 is 2.63 bits per heavy atom. The Kier molecular flexibility index (Phi) is 3.25. The van der Waals surface area contributed by atoms with E-state index in [0.29, 0.717) is 11.4 Å². The molecule has 0 saturated heterocycles. The maximum atomic E-state index is 10.8. The highest BCUT2D eigenvalue weighted by Crippen LogP contribution is 2.28. The molecule has 2 aromatic rings. The molecule has 0 saturated carbocycles. The standard InChI is InChI=1S/C11H11ClN4O3/c1-11(2,13)10-14-9(19-15-10)6-3-7(12)5-8(4-6)16(17)18/h3-5H,13H2,1-2H3. The van der Waals surface area contributed by atoms with Crippen molar-refractivity contribution in [3.8, 4) is 11.5 Å². The molecular formula is C11H11ClN4O3. The van der Waals surface area contributed by atoms with Crippen LogP contribution in [0.1, 0.15) is 19.7 Å². The number of nitro groups is 1. The minimum Gasteiger partial charge on any atom is -0.334 e. The van der Waals surface area contributed by atoms with Gasteiger partial charge in [0.1, 0.15) is 0 Å². The first kappa shape index (κ1) is 13.4. The van der Waals surface area contributed by atoms with Gasteiger partial charge in [0.05, 0.1) is 10.5 Å². The SMILES string of the molecule is CC(C)(N)c1noc(-c2cc(Cl)cc([N+](=O)[O-])c2)n1. The molecule has 7 nitrogen and oxygen atoms in total. The molecule has 1 aromatic heterocycles. The first-order chi connectivity index (χ1) is 8.77. The summed E-state index contributed by atoms with van der Waals surface area (Å²) in [6.07, 6.45) is 0. The number of hydrogen-bond donors (Lipinski definition) is 1. The molecule has 0 unspecified atom stereocenters. The molecule has 2 rings (SSSR count). The molecule has 0 radical (unpaired) electrons. The number of rotatable bonds is 3. The molecule has 0 amide bonds. The summed E-state index contributed by atoms with van der Waals surface area (Å²) in [4.78, 5) is 14.3. The molecule has 0 aliphatic carbocycles. The predicted octanol–water partition coefficient (Wildman–Crippen LogP) is 2.49. The molecule has 0 spiro atoms. The molecule has 1 aromatic carbocycles. The lowest BCUT2D eigenvalue weighted by molar-refractivity contribution is -0.384. The lowest BCUT2D eigenvalue weighted by Gasteiger charge is -2.11. The number of nitro benzene ring substituents is 1. The lowest BCUT2D eigenvalue weighted by atomic mass is 10.1. The number of hydrogen-bond acceptors (Lipinski definition) is 6. The van der Waals surface area contributed by atoms with Crippen LogP contribution in [0.4, 0.5) is 5.69 Å². The van der Waals surface area contributed by atoms with Crippen LogP contribution in [0, 0.1) is 10.1 Å². The van der Waals surface area contributed by atoms with Crippen LogP contribution in [-0.4, -0.2) is 15.1 Å². The quantitative estimate of drug-likeness (QED) is 0.684. The summed E-state index contributed by atoms with van der Waals surface area (Å²) in [5.74, 6) is 0.448. The van der Waals surface area contributed by atoms with Crippen molar-refractivity contribution < 1.29 is 9.45 Å². The first-order valence-electron chi connectivity index (χ1n) is 5.36. The molecule has 8 heteroatoms. The van der Waals surface area contributed by atoms with E-state index in [1.165, 1.54) is 18.2 Å². The zero-order valence-corrected chi connectivity index (χ0v) is 11.0. The van der Waals surface area contributed by atoms with Crippen LogP contribution in [0.5, 0.6) is 0 Å². The molecule has 19 heavy (non-hydrogen) atoms. The largest absolute Gasteiger partial charge is 0.334 e. The second-order valence-corrected chi connectivity index (χ2v) is 5.04. The summed E-state index contributed by atoms with van der Waals surface area (Å²) in [5, 5.41) is 14.7. The zero-order chi connectivity index (χ0) is 14.2. The molecule has 0 aliphatic rings. The van der Waals surface area contributed by atoms with Gasteiger partial charge in [-0.3, -0.25) is 10.1 Å². The van der Waals surface area contributed by atoms with Crippen LogP contribution in [0.2, 0.25) is 5.02 Å².